The molecule has 1 aromatic heterocycles. The maximum Gasteiger partial charge on any atom is 0.0843 e. The molecule has 0 radical (unpaired) electrons. The van der Waals surface area contributed by atoms with Crippen molar-refractivity contribution < 1.29 is 4.74 Å². The molecule has 0 amide bonds. The van der Waals surface area contributed by atoms with E-state index in [2.05, 4.69) is 67.5 Å². The van der Waals surface area contributed by atoms with Crippen LogP contribution in [-0.2, 0) is 24.4 Å². The van der Waals surface area contributed by atoms with Gasteiger partial charge in [0, 0.05) is 29.0 Å². The first-order valence-electron chi connectivity index (χ1n) is 6.49. The lowest BCUT2D eigenvalue weighted by Crippen LogP contribution is -2.13. The van der Waals surface area contributed by atoms with Crippen molar-refractivity contribution in [1.82, 2.24) is 5.32 Å². The SMILES string of the molecule is CCOCc1ccccc1CNCc1cc(Br)c(Br)s1. The van der Waals surface area contributed by atoms with Gasteiger partial charge in [0.1, 0.15) is 0 Å². The van der Waals surface area contributed by atoms with E-state index in [1.54, 1.807) is 11.3 Å². The molecule has 1 heterocycles. The lowest BCUT2D eigenvalue weighted by atomic mass is 10.1. The van der Waals surface area contributed by atoms with Crippen LogP contribution in [0, 0.1) is 0 Å². The fraction of sp³-hybridized carbons (Fsp3) is 0.333. The third-order valence-electron chi connectivity index (χ3n) is 2.89. The molecule has 0 fully saturated rings. The molecule has 0 bridgehead atoms. The molecular weight excluding hydrogens is 402 g/mol. The van der Waals surface area contributed by atoms with Gasteiger partial charge in [-0.15, -0.1) is 11.3 Å². The number of hydrogen-bond acceptors (Lipinski definition) is 3. The Morgan fingerprint density at radius 3 is 2.55 bits per heavy atom. The molecule has 0 saturated heterocycles. The van der Waals surface area contributed by atoms with Crippen LogP contribution in [0.4, 0.5) is 0 Å². The molecule has 0 aliphatic heterocycles. The van der Waals surface area contributed by atoms with Gasteiger partial charge >= 0.3 is 0 Å². The molecule has 0 aliphatic carbocycles. The van der Waals surface area contributed by atoms with E-state index in [0.29, 0.717) is 6.61 Å². The third kappa shape index (κ3) is 4.67. The largest absolute Gasteiger partial charge is 0.377 e. The first-order valence-corrected chi connectivity index (χ1v) is 8.90. The molecule has 20 heavy (non-hydrogen) atoms. The molecule has 0 spiro atoms. The van der Waals surface area contributed by atoms with Gasteiger partial charge in [0.2, 0.25) is 0 Å². The molecule has 1 aromatic carbocycles. The zero-order valence-electron chi connectivity index (χ0n) is 11.3. The van der Waals surface area contributed by atoms with Crippen molar-refractivity contribution in [1.29, 1.82) is 0 Å². The summed E-state index contributed by atoms with van der Waals surface area (Å²) >= 11 is 8.78. The van der Waals surface area contributed by atoms with Gasteiger partial charge in [-0.2, -0.15) is 0 Å². The summed E-state index contributed by atoms with van der Waals surface area (Å²) in [5, 5.41) is 3.49. The Labute approximate surface area is 140 Å². The Balaban J connectivity index is 1.90. The molecular formula is C15H17Br2NOS. The highest BCUT2D eigenvalue weighted by Crippen LogP contribution is 2.32. The molecule has 108 valence electrons. The molecule has 0 unspecified atom stereocenters. The number of thiophene rings is 1. The Morgan fingerprint density at radius 1 is 1.15 bits per heavy atom. The van der Waals surface area contributed by atoms with Crippen LogP contribution in [0.5, 0.6) is 0 Å². The van der Waals surface area contributed by atoms with Gasteiger partial charge in [-0.05, 0) is 56.0 Å². The van der Waals surface area contributed by atoms with Gasteiger partial charge in [-0.1, -0.05) is 24.3 Å². The minimum Gasteiger partial charge on any atom is -0.377 e. The second-order valence-electron chi connectivity index (χ2n) is 4.34. The minimum absolute atomic E-state index is 0.685. The van der Waals surface area contributed by atoms with Crippen LogP contribution >= 0.6 is 43.2 Å². The normalized spacial score (nSPS) is 10.9. The summed E-state index contributed by atoms with van der Waals surface area (Å²) in [6, 6.07) is 10.6. The predicted molar refractivity (Wildman–Crippen MR) is 92.0 cm³/mol. The lowest BCUT2D eigenvalue weighted by molar-refractivity contribution is 0.133. The predicted octanol–water partition coefficient (Wildman–Crippen LogP) is 5.10. The number of hydrogen-bond donors (Lipinski definition) is 1. The van der Waals surface area contributed by atoms with E-state index in [9.17, 15) is 0 Å². The van der Waals surface area contributed by atoms with Crippen molar-refractivity contribution >= 4 is 43.2 Å². The fourth-order valence-corrected chi connectivity index (χ4v) is 4.03. The van der Waals surface area contributed by atoms with Crippen molar-refractivity contribution in [2.45, 2.75) is 26.6 Å². The van der Waals surface area contributed by atoms with Crippen LogP contribution in [0.3, 0.4) is 0 Å². The van der Waals surface area contributed by atoms with Crippen molar-refractivity contribution in [3.05, 3.63) is 54.6 Å². The standard InChI is InChI=1S/C15H17Br2NOS/c1-2-19-10-12-6-4-3-5-11(12)8-18-9-13-7-14(16)15(17)20-13/h3-7,18H,2,8-10H2,1H3. The van der Waals surface area contributed by atoms with Gasteiger partial charge in [0.15, 0.2) is 0 Å². The van der Waals surface area contributed by atoms with Crippen LogP contribution in [-0.4, -0.2) is 6.61 Å². The summed E-state index contributed by atoms with van der Waals surface area (Å²) in [5.41, 5.74) is 2.56. The van der Waals surface area contributed by atoms with E-state index in [4.69, 9.17) is 4.74 Å². The minimum atomic E-state index is 0.685. The topological polar surface area (TPSA) is 21.3 Å². The average molecular weight is 419 g/mol. The van der Waals surface area contributed by atoms with E-state index in [0.717, 1.165) is 28.0 Å². The molecule has 0 aliphatic rings. The molecule has 5 heteroatoms. The van der Waals surface area contributed by atoms with Crippen LogP contribution in [0.2, 0.25) is 0 Å². The average Bonchev–Trinajstić information content (AvgIpc) is 2.76. The van der Waals surface area contributed by atoms with Crippen LogP contribution in [0.1, 0.15) is 22.9 Å². The van der Waals surface area contributed by atoms with E-state index < -0.39 is 0 Å². The molecule has 0 atom stereocenters. The van der Waals surface area contributed by atoms with Crippen LogP contribution < -0.4 is 5.32 Å². The molecule has 2 rings (SSSR count). The van der Waals surface area contributed by atoms with Gasteiger partial charge in [0.05, 0.1) is 10.4 Å². The maximum atomic E-state index is 5.51. The zero-order valence-corrected chi connectivity index (χ0v) is 15.3. The quantitative estimate of drug-likeness (QED) is 0.675. The zero-order chi connectivity index (χ0) is 14.4. The Hall–Kier alpha value is -0.200. The molecule has 1 N–H and O–H groups in total. The number of benzene rings is 1. The third-order valence-corrected chi connectivity index (χ3v) is 6.15. The summed E-state index contributed by atoms with van der Waals surface area (Å²) in [6.45, 7) is 5.19. The summed E-state index contributed by atoms with van der Waals surface area (Å²) < 4.78 is 7.77. The summed E-state index contributed by atoms with van der Waals surface area (Å²) in [4.78, 5) is 1.31. The summed E-state index contributed by atoms with van der Waals surface area (Å²) in [5.74, 6) is 0. The van der Waals surface area contributed by atoms with E-state index in [1.807, 2.05) is 6.92 Å². The first-order chi connectivity index (χ1) is 9.70. The second-order valence-corrected chi connectivity index (χ2v) is 7.65. The van der Waals surface area contributed by atoms with Gasteiger partial charge in [-0.3, -0.25) is 0 Å². The van der Waals surface area contributed by atoms with E-state index in [1.165, 1.54) is 16.0 Å². The van der Waals surface area contributed by atoms with Crippen LogP contribution in [0.15, 0.2) is 38.6 Å². The van der Waals surface area contributed by atoms with Crippen molar-refractivity contribution in [2.75, 3.05) is 6.61 Å². The number of nitrogens with one attached hydrogen (secondary N) is 1. The van der Waals surface area contributed by atoms with Gasteiger partial charge < -0.3 is 10.1 Å². The molecule has 2 aromatic rings. The Bertz CT molecular complexity index is 537. The smallest absolute Gasteiger partial charge is 0.0843 e. The maximum absolute atomic E-state index is 5.51. The first kappa shape index (κ1) is 16.2. The molecule has 2 nitrogen and oxygen atoms in total. The second kappa shape index (κ2) is 8.29. The van der Waals surface area contributed by atoms with Crippen LogP contribution in [0.25, 0.3) is 0 Å². The van der Waals surface area contributed by atoms with Gasteiger partial charge in [0.25, 0.3) is 0 Å². The number of halogens is 2. The monoisotopic (exact) mass is 417 g/mol. The number of ether oxygens (including phenoxy) is 1. The highest BCUT2D eigenvalue weighted by molar-refractivity contribution is 9.13. The summed E-state index contributed by atoms with van der Waals surface area (Å²) in [7, 11) is 0. The van der Waals surface area contributed by atoms with E-state index >= 15 is 0 Å². The van der Waals surface area contributed by atoms with Crippen molar-refractivity contribution in [3.8, 4) is 0 Å². The summed E-state index contributed by atoms with van der Waals surface area (Å²) in [6.07, 6.45) is 0. The molecule has 0 saturated carbocycles. The fourth-order valence-electron chi connectivity index (χ4n) is 1.88. The Morgan fingerprint density at radius 2 is 1.90 bits per heavy atom. The highest BCUT2D eigenvalue weighted by atomic mass is 79.9. The number of rotatable bonds is 7. The van der Waals surface area contributed by atoms with Crippen molar-refractivity contribution in [3.63, 3.8) is 0 Å². The van der Waals surface area contributed by atoms with Gasteiger partial charge in [-0.25, -0.2) is 0 Å². The van der Waals surface area contributed by atoms with Crippen molar-refractivity contribution in [2.24, 2.45) is 0 Å². The van der Waals surface area contributed by atoms with E-state index in [-0.39, 0.29) is 0 Å². The highest BCUT2D eigenvalue weighted by Gasteiger charge is 2.05. The lowest BCUT2D eigenvalue weighted by Gasteiger charge is -2.10. The Kier molecular flexibility index (Phi) is 6.71.